The Kier molecular flexibility index (Phi) is 4.41. The fourth-order valence-corrected chi connectivity index (χ4v) is 1.86. The Morgan fingerprint density at radius 3 is 1.79 bits per heavy atom. The van der Waals surface area contributed by atoms with E-state index in [-0.39, 0.29) is 11.4 Å². The summed E-state index contributed by atoms with van der Waals surface area (Å²) < 4.78 is 75.2. The highest BCUT2D eigenvalue weighted by Crippen LogP contribution is 2.36. The number of hydrogen-bond donors (Lipinski definition) is 1. The molecule has 0 fully saturated rings. The Balaban J connectivity index is 2.34. The minimum atomic E-state index is -4.75. The standard InChI is InChI=1S/C14H8F6N2O2/c15-13(16,17)8-1-4-10(5-2-8)21-11-6-3-9(14(18,19)20)7-12(11)22(23)24/h1-7,21H. The molecule has 0 aromatic heterocycles. The lowest BCUT2D eigenvalue weighted by molar-refractivity contribution is -0.384. The van der Waals surface area contributed by atoms with Crippen molar-refractivity contribution < 1.29 is 31.3 Å². The van der Waals surface area contributed by atoms with Gasteiger partial charge in [0.15, 0.2) is 0 Å². The molecule has 10 heteroatoms. The normalized spacial score (nSPS) is 12.1. The molecule has 0 heterocycles. The van der Waals surface area contributed by atoms with Crippen LogP contribution in [0.15, 0.2) is 42.5 Å². The van der Waals surface area contributed by atoms with E-state index in [2.05, 4.69) is 5.32 Å². The van der Waals surface area contributed by atoms with Crippen molar-refractivity contribution in [3.8, 4) is 0 Å². The van der Waals surface area contributed by atoms with Crippen molar-refractivity contribution in [1.82, 2.24) is 0 Å². The van der Waals surface area contributed by atoms with Crippen molar-refractivity contribution in [3.05, 3.63) is 63.7 Å². The summed E-state index contributed by atoms with van der Waals surface area (Å²) in [6.07, 6.45) is -9.30. The molecule has 0 aliphatic carbocycles. The molecule has 2 aromatic carbocycles. The highest BCUT2D eigenvalue weighted by atomic mass is 19.4. The van der Waals surface area contributed by atoms with E-state index in [1.54, 1.807) is 0 Å². The highest BCUT2D eigenvalue weighted by molar-refractivity contribution is 5.70. The Morgan fingerprint density at radius 2 is 1.33 bits per heavy atom. The van der Waals surface area contributed by atoms with Crippen LogP contribution in [0.2, 0.25) is 0 Å². The summed E-state index contributed by atoms with van der Waals surface area (Å²) in [7, 11) is 0. The number of alkyl halides is 6. The van der Waals surface area contributed by atoms with E-state index >= 15 is 0 Å². The number of nitrogens with one attached hydrogen (secondary N) is 1. The number of nitro benzene ring substituents is 1. The van der Waals surface area contributed by atoms with Crippen LogP contribution >= 0.6 is 0 Å². The summed E-state index contributed by atoms with van der Waals surface area (Å²) in [4.78, 5) is 9.91. The first kappa shape index (κ1) is 17.6. The highest BCUT2D eigenvalue weighted by Gasteiger charge is 2.33. The molecule has 0 bridgehead atoms. The molecule has 0 saturated heterocycles. The van der Waals surface area contributed by atoms with Gasteiger partial charge < -0.3 is 5.32 Å². The van der Waals surface area contributed by atoms with Gasteiger partial charge >= 0.3 is 12.4 Å². The molecule has 0 spiro atoms. The van der Waals surface area contributed by atoms with E-state index in [1.807, 2.05) is 0 Å². The number of nitro groups is 1. The molecule has 0 aliphatic rings. The average Bonchev–Trinajstić information content (AvgIpc) is 2.46. The molecule has 0 atom stereocenters. The second kappa shape index (κ2) is 6.02. The zero-order chi connectivity index (χ0) is 18.1. The Bertz CT molecular complexity index is 753. The number of anilines is 2. The number of benzene rings is 2. The summed E-state index contributed by atoms with van der Waals surface area (Å²) in [6, 6.07) is 5.37. The van der Waals surface area contributed by atoms with Crippen LogP contribution in [0.25, 0.3) is 0 Å². The van der Waals surface area contributed by atoms with Crippen LogP contribution in [0.1, 0.15) is 11.1 Å². The summed E-state index contributed by atoms with van der Waals surface area (Å²) in [5.74, 6) is 0. The maximum absolute atomic E-state index is 12.6. The number of rotatable bonds is 3. The van der Waals surface area contributed by atoms with E-state index in [9.17, 15) is 36.5 Å². The van der Waals surface area contributed by atoms with Crippen LogP contribution in [0.3, 0.4) is 0 Å². The van der Waals surface area contributed by atoms with Crippen LogP contribution in [0, 0.1) is 10.1 Å². The zero-order valence-corrected chi connectivity index (χ0v) is 11.6. The van der Waals surface area contributed by atoms with Gasteiger partial charge in [0.2, 0.25) is 0 Å². The topological polar surface area (TPSA) is 55.2 Å². The third kappa shape index (κ3) is 3.94. The SMILES string of the molecule is O=[N+]([O-])c1cc(C(F)(F)F)ccc1Nc1ccc(C(F)(F)F)cc1. The van der Waals surface area contributed by atoms with Gasteiger partial charge in [-0.3, -0.25) is 10.1 Å². The van der Waals surface area contributed by atoms with Crippen molar-refractivity contribution in [2.45, 2.75) is 12.4 Å². The lowest BCUT2D eigenvalue weighted by atomic mass is 10.1. The largest absolute Gasteiger partial charge is 0.416 e. The van der Waals surface area contributed by atoms with E-state index in [0.717, 1.165) is 30.3 Å². The molecule has 24 heavy (non-hydrogen) atoms. The Hall–Kier alpha value is -2.78. The van der Waals surface area contributed by atoms with Crippen LogP contribution in [0.5, 0.6) is 0 Å². The molecule has 128 valence electrons. The fraction of sp³-hybridized carbons (Fsp3) is 0.143. The molecule has 2 aromatic rings. The maximum Gasteiger partial charge on any atom is 0.416 e. The lowest BCUT2D eigenvalue weighted by Crippen LogP contribution is -2.07. The summed E-state index contributed by atoms with van der Waals surface area (Å²) in [6.45, 7) is 0. The van der Waals surface area contributed by atoms with Gasteiger partial charge in [-0.05, 0) is 36.4 Å². The van der Waals surface area contributed by atoms with Gasteiger partial charge in [-0.1, -0.05) is 0 Å². The van der Waals surface area contributed by atoms with E-state index < -0.39 is 34.1 Å². The van der Waals surface area contributed by atoms with Crippen molar-refractivity contribution in [1.29, 1.82) is 0 Å². The average molecular weight is 350 g/mol. The Labute approximate surface area is 130 Å². The van der Waals surface area contributed by atoms with Gasteiger partial charge in [-0.2, -0.15) is 26.3 Å². The first-order valence-electron chi connectivity index (χ1n) is 6.28. The van der Waals surface area contributed by atoms with E-state index in [4.69, 9.17) is 0 Å². The number of halogens is 6. The van der Waals surface area contributed by atoms with Crippen LogP contribution < -0.4 is 5.32 Å². The van der Waals surface area contributed by atoms with Gasteiger partial charge in [0.1, 0.15) is 5.69 Å². The second-order valence-electron chi connectivity index (χ2n) is 4.69. The lowest BCUT2D eigenvalue weighted by Gasteiger charge is -2.11. The first-order valence-corrected chi connectivity index (χ1v) is 6.28. The minimum absolute atomic E-state index is 0.0610. The predicted molar refractivity (Wildman–Crippen MR) is 72.8 cm³/mol. The maximum atomic E-state index is 12.6. The third-order valence-corrected chi connectivity index (χ3v) is 3.01. The fourth-order valence-electron chi connectivity index (χ4n) is 1.86. The molecule has 4 nitrogen and oxygen atoms in total. The van der Waals surface area contributed by atoms with Crippen LogP contribution in [-0.2, 0) is 12.4 Å². The molecule has 0 saturated carbocycles. The van der Waals surface area contributed by atoms with Gasteiger partial charge in [-0.15, -0.1) is 0 Å². The van der Waals surface area contributed by atoms with Crippen molar-refractivity contribution in [3.63, 3.8) is 0 Å². The van der Waals surface area contributed by atoms with Crippen LogP contribution in [0.4, 0.5) is 43.4 Å². The summed E-state index contributed by atoms with van der Waals surface area (Å²) in [5, 5.41) is 13.4. The molecular formula is C14H8F6N2O2. The number of nitrogens with zero attached hydrogens (tertiary/aromatic N) is 1. The van der Waals surface area contributed by atoms with Crippen LogP contribution in [-0.4, -0.2) is 4.92 Å². The smallest absolute Gasteiger partial charge is 0.350 e. The van der Waals surface area contributed by atoms with Crippen molar-refractivity contribution in [2.75, 3.05) is 5.32 Å². The zero-order valence-electron chi connectivity index (χ0n) is 11.6. The summed E-state index contributed by atoms with van der Waals surface area (Å²) in [5.41, 5.74) is -3.18. The van der Waals surface area contributed by atoms with Crippen molar-refractivity contribution in [2.24, 2.45) is 0 Å². The molecule has 0 amide bonds. The third-order valence-electron chi connectivity index (χ3n) is 3.01. The predicted octanol–water partition coefficient (Wildman–Crippen LogP) is 5.38. The quantitative estimate of drug-likeness (QED) is 0.460. The first-order chi connectivity index (χ1) is 11.0. The Morgan fingerprint density at radius 1 is 0.833 bits per heavy atom. The van der Waals surface area contributed by atoms with Crippen molar-refractivity contribution >= 4 is 17.1 Å². The van der Waals surface area contributed by atoms with E-state index in [0.29, 0.717) is 12.1 Å². The monoisotopic (exact) mass is 350 g/mol. The molecule has 0 unspecified atom stereocenters. The molecule has 0 aliphatic heterocycles. The van der Waals surface area contributed by atoms with E-state index in [1.165, 1.54) is 0 Å². The molecule has 2 rings (SSSR count). The van der Waals surface area contributed by atoms with Gasteiger partial charge in [0.25, 0.3) is 5.69 Å². The van der Waals surface area contributed by atoms with Gasteiger partial charge in [0.05, 0.1) is 16.1 Å². The van der Waals surface area contributed by atoms with Gasteiger partial charge in [0, 0.05) is 11.8 Å². The second-order valence-corrected chi connectivity index (χ2v) is 4.69. The molecular weight excluding hydrogens is 342 g/mol. The molecule has 0 radical (unpaired) electrons. The summed E-state index contributed by atoms with van der Waals surface area (Å²) >= 11 is 0. The minimum Gasteiger partial charge on any atom is -0.350 e. The number of hydrogen-bond acceptors (Lipinski definition) is 3. The van der Waals surface area contributed by atoms with Gasteiger partial charge in [-0.25, -0.2) is 0 Å². The molecule has 1 N–H and O–H groups in total.